The van der Waals surface area contributed by atoms with Gasteiger partial charge >= 0.3 is 0 Å². The monoisotopic (exact) mass is 376 g/mol. The predicted molar refractivity (Wildman–Crippen MR) is 104 cm³/mol. The Hall–Kier alpha value is -3.48. The van der Waals surface area contributed by atoms with Crippen molar-refractivity contribution in [1.29, 1.82) is 0 Å². The molecule has 0 saturated heterocycles. The van der Waals surface area contributed by atoms with Gasteiger partial charge in [0.05, 0.1) is 0 Å². The van der Waals surface area contributed by atoms with Gasteiger partial charge < -0.3 is 14.7 Å². The molecule has 3 aromatic rings. The van der Waals surface area contributed by atoms with Crippen LogP contribution in [0.1, 0.15) is 28.2 Å². The van der Waals surface area contributed by atoms with E-state index >= 15 is 0 Å². The Labute approximate surface area is 162 Å². The minimum Gasteiger partial charge on any atom is -0.352 e. The number of aromatic nitrogens is 2. The zero-order valence-corrected chi connectivity index (χ0v) is 15.5. The Morgan fingerprint density at radius 3 is 2.68 bits per heavy atom. The van der Waals surface area contributed by atoms with E-state index in [4.69, 9.17) is 4.52 Å². The van der Waals surface area contributed by atoms with Gasteiger partial charge in [-0.05, 0) is 30.2 Å². The van der Waals surface area contributed by atoms with Gasteiger partial charge in [-0.3, -0.25) is 9.59 Å². The molecular formula is C21H20N4O3. The summed E-state index contributed by atoms with van der Waals surface area (Å²) in [5, 5.41) is 6.66. The molecule has 142 valence electrons. The number of nitrogens with one attached hydrogen (secondary N) is 1. The Balaban J connectivity index is 1.30. The topological polar surface area (TPSA) is 88.3 Å². The van der Waals surface area contributed by atoms with E-state index in [0.717, 1.165) is 17.7 Å². The summed E-state index contributed by atoms with van der Waals surface area (Å²) < 4.78 is 4.96. The van der Waals surface area contributed by atoms with Crippen LogP contribution >= 0.6 is 0 Å². The van der Waals surface area contributed by atoms with E-state index in [2.05, 4.69) is 15.5 Å². The highest BCUT2D eigenvalue weighted by molar-refractivity contribution is 5.97. The molecule has 1 aliphatic heterocycles. The third-order valence-corrected chi connectivity index (χ3v) is 4.75. The van der Waals surface area contributed by atoms with Gasteiger partial charge in [-0.1, -0.05) is 35.5 Å². The van der Waals surface area contributed by atoms with Crippen LogP contribution in [-0.2, 0) is 11.2 Å². The zero-order valence-electron chi connectivity index (χ0n) is 15.5. The molecule has 7 nitrogen and oxygen atoms in total. The lowest BCUT2D eigenvalue weighted by atomic mass is 10.1. The van der Waals surface area contributed by atoms with Crippen LogP contribution in [-0.4, -0.2) is 35.0 Å². The number of fused-ring (bicyclic) bond motifs is 1. The van der Waals surface area contributed by atoms with E-state index in [1.54, 1.807) is 36.1 Å². The number of amides is 2. The van der Waals surface area contributed by atoms with Crippen molar-refractivity contribution in [1.82, 2.24) is 15.5 Å². The van der Waals surface area contributed by atoms with E-state index in [9.17, 15) is 9.59 Å². The summed E-state index contributed by atoms with van der Waals surface area (Å²) in [7, 11) is 0. The average molecular weight is 376 g/mol. The van der Waals surface area contributed by atoms with Crippen molar-refractivity contribution in [3.05, 3.63) is 65.5 Å². The molecule has 0 spiro atoms. The van der Waals surface area contributed by atoms with Gasteiger partial charge in [0, 0.05) is 43.2 Å². The van der Waals surface area contributed by atoms with Crippen molar-refractivity contribution in [2.75, 3.05) is 18.0 Å². The number of carbonyl (C=O) groups is 2. The maximum atomic E-state index is 12.5. The number of aryl methyl sites for hydroxylation is 1. The molecule has 7 heteroatoms. The van der Waals surface area contributed by atoms with Crippen molar-refractivity contribution < 1.29 is 14.1 Å². The Bertz CT molecular complexity index is 1010. The van der Waals surface area contributed by atoms with Crippen LogP contribution in [0.2, 0.25) is 0 Å². The third kappa shape index (κ3) is 3.64. The standard InChI is InChI=1S/C21H20N4O3/c1-14-23-20(24-28-14)16-6-8-17(9-7-16)21(27)22-12-10-19(26)25-13-11-15-4-2-3-5-18(15)25/h2-9H,10-13H2,1H3,(H,22,27). The van der Waals surface area contributed by atoms with Crippen LogP contribution in [0, 0.1) is 6.92 Å². The molecule has 0 saturated carbocycles. The molecule has 2 heterocycles. The number of anilines is 1. The number of benzene rings is 2. The molecule has 0 radical (unpaired) electrons. The molecule has 2 amide bonds. The third-order valence-electron chi connectivity index (χ3n) is 4.75. The predicted octanol–water partition coefficient (Wildman–Crippen LogP) is 2.75. The summed E-state index contributed by atoms with van der Waals surface area (Å²) >= 11 is 0. The van der Waals surface area contributed by atoms with Gasteiger partial charge in [0.2, 0.25) is 17.6 Å². The Morgan fingerprint density at radius 1 is 1.14 bits per heavy atom. The molecule has 0 fully saturated rings. The first-order valence-corrected chi connectivity index (χ1v) is 9.19. The molecule has 2 aromatic carbocycles. The van der Waals surface area contributed by atoms with Crippen molar-refractivity contribution in [3.63, 3.8) is 0 Å². The first-order chi connectivity index (χ1) is 13.6. The molecule has 4 rings (SSSR count). The molecule has 1 aliphatic rings. The number of para-hydroxylation sites is 1. The van der Waals surface area contributed by atoms with Crippen molar-refractivity contribution in [2.45, 2.75) is 19.8 Å². The molecule has 0 unspecified atom stereocenters. The first kappa shape index (κ1) is 17.9. The number of hydrogen-bond donors (Lipinski definition) is 1. The summed E-state index contributed by atoms with van der Waals surface area (Å²) in [5.41, 5.74) is 3.46. The summed E-state index contributed by atoms with van der Waals surface area (Å²) in [4.78, 5) is 30.7. The summed E-state index contributed by atoms with van der Waals surface area (Å²) in [6.07, 6.45) is 1.14. The second-order valence-electron chi connectivity index (χ2n) is 6.64. The maximum Gasteiger partial charge on any atom is 0.251 e. The average Bonchev–Trinajstić information content (AvgIpc) is 3.34. The lowest BCUT2D eigenvalue weighted by molar-refractivity contribution is -0.118. The fourth-order valence-corrected chi connectivity index (χ4v) is 3.30. The van der Waals surface area contributed by atoms with Crippen molar-refractivity contribution >= 4 is 17.5 Å². The summed E-state index contributed by atoms with van der Waals surface area (Å²) in [6.45, 7) is 2.71. The van der Waals surface area contributed by atoms with Gasteiger partial charge in [-0.15, -0.1) is 0 Å². The van der Waals surface area contributed by atoms with Crippen molar-refractivity contribution in [2.24, 2.45) is 0 Å². The van der Waals surface area contributed by atoms with E-state index in [1.807, 2.05) is 24.3 Å². The fraction of sp³-hybridized carbons (Fsp3) is 0.238. The number of rotatable bonds is 5. The van der Waals surface area contributed by atoms with Crippen molar-refractivity contribution in [3.8, 4) is 11.4 Å². The molecule has 0 atom stereocenters. The highest BCUT2D eigenvalue weighted by Crippen LogP contribution is 2.27. The largest absolute Gasteiger partial charge is 0.352 e. The molecule has 0 aliphatic carbocycles. The zero-order chi connectivity index (χ0) is 19.5. The quantitative estimate of drug-likeness (QED) is 0.740. The van der Waals surface area contributed by atoms with Crippen LogP contribution < -0.4 is 10.2 Å². The van der Waals surface area contributed by atoms with E-state index in [-0.39, 0.29) is 18.2 Å². The number of carbonyl (C=O) groups excluding carboxylic acids is 2. The molecule has 1 N–H and O–H groups in total. The minimum absolute atomic E-state index is 0.0214. The fourth-order valence-electron chi connectivity index (χ4n) is 3.30. The maximum absolute atomic E-state index is 12.5. The SMILES string of the molecule is Cc1nc(-c2ccc(C(=O)NCCC(=O)N3CCc4ccccc43)cc2)no1. The molecule has 1 aromatic heterocycles. The number of hydrogen-bond acceptors (Lipinski definition) is 5. The van der Waals surface area contributed by atoms with Gasteiger partial charge in [0.15, 0.2) is 0 Å². The molecule has 28 heavy (non-hydrogen) atoms. The van der Waals surface area contributed by atoms with E-state index < -0.39 is 0 Å². The smallest absolute Gasteiger partial charge is 0.251 e. The Morgan fingerprint density at radius 2 is 1.93 bits per heavy atom. The summed E-state index contributed by atoms with van der Waals surface area (Å²) in [6, 6.07) is 14.9. The highest BCUT2D eigenvalue weighted by Gasteiger charge is 2.23. The van der Waals surface area contributed by atoms with E-state index in [0.29, 0.717) is 30.4 Å². The normalized spacial score (nSPS) is 12.7. The minimum atomic E-state index is -0.217. The summed E-state index contributed by atoms with van der Waals surface area (Å²) in [5.74, 6) is 0.779. The molecular weight excluding hydrogens is 356 g/mol. The van der Waals surface area contributed by atoms with Gasteiger partial charge in [0.1, 0.15) is 0 Å². The number of nitrogens with zero attached hydrogens (tertiary/aromatic N) is 3. The first-order valence-electron chi connectivity index (χ1n) is 9.19. The van der Waals surface area contributed by atoms with Crippen LogP contribution in [0.3, 0.4) is 0 Å². The van der Waals surface area contributed by atoms with Crippen LogP contribution in [0.5, 0.6) is 0 Å². The van der Waals surface area contributed by atoms with E-state index in [1.165, 1.54) is 5.56 Å². The van der Waals surface area contributed by atoms with Gasteiger partial charge in [0.25, 0.3) is 5.91 Å². The van der Waals surface area contributed by atoms with Crippen LogP contribution in [0.4, 0.5) is 5.69 Å². The van der Waals surface area contributed by atoms with Gasteiger partial charge in [-0.25, -0.2) is 0 Å². The van der Waals surface area contributed by atoms with Crippen LogP contribution in [0.15, 0.2) is 53.1 Å². The lowest BCUT2D eigenvalue weighted by Gasteiger charge is -2.17. The highest BCUT2D eigenvalue weighted by atomic mass is 16.5. The van der Waals surface area contributed by atoms with Gasteiger partial charge in [-0.2, -0.15) is 4.98 Å². The Kier molecular flexibility index (Phi) is 4.89. The second kappa shape index (κ2) is 7.64. The second-order valence-corrected chi connectivity index (χ2v) is 6.64. The van der Waals surface area contributed by atoms with Crippen LogP contribution in [0.25, 0.3) is 11.4 Å². The lowest BCUT2D eigenvalue weighted by Crippen LogP contribution is -2.33. The molecule has 0 bridgehead atoms.